The number of aryl methyl sites for hydroxylation is 1. The minimum atomic E-state index is -0.562. The van der Waals surface area contributed by atoms with E-state index in [1.165, 1.54) is 18.2 Å². The summed E-state index contributed by atoms with van der Waals surface area (Å²) in [5.41, 5.74) is 0.625. The van der Waals surface area contributed by atoms with Crippen molar-refractivity contribution in [2.45, 2.75) is 6.92 Å². The maximum Gasteiger partial charge on any atom is 0.295 e. The van der Waals surface area contributed by atoms with Gasteiger partial charge in [-0.3, -0.25) is 9.59 Å². The van der Waals surface area contributed by atoms with Crippen LogP contribution in [0.15, 0.2) is 18.2 Å². The van der Waals surface area contributed by atoms with E-state index in [9.17, 15) is 14.0 Å². The van der Waals surface area contributed by atoms with Crippen LogP contribution in [0.25, 0.3) is 0 Å². The number of halogens is 1. The lowest BCUT2D eigenvalue weighted by Gasteiger charge is -2.31. The average Bonchev–Trinajstić information content (AvgIpc) is 2.41. The first-order valence-corrected chi connectivity index (χ1v) is 6.27. The molecule has 1 amide bonds. The van der Waals surface area contributed by atoms with Crippen molar-refractivity contribution in [1.29, 1.82) is 0 Å². The molecular formula is C14H17FN2O2. The van der Waals surface area contributed by atoms with Crippen LogP contribution >= 0.6 is 0 Å². The Bertz CT molecular complexity index is 508. The highest BCUT2D eigenvalue weighted by molar-refractivity contribution is 6.42. The van der Waals surface area contributed by atoms with Crippen molar-refractivity contribution in [3.63, 3.8) is 0 Å². The number of ketones is 1. The summed E-state index contributed by atoms with van der Waals surface area (Å²) in [4.78, 5) is 27.8. The molecule has 19 heavy (non-hydrogen) atoms. The predicted octanol–water partition coefficient (Wildman–Crippen LogP) is 1.09. The van der Waals surface area contributed by atoms with Gasteiger partial charge in [0.25, 0.3) is 5.91 Å². The lowest BCUT2D eigenvalue weighted by molar-refractivity contribution is -0.127. The van der Waals surface area contributed by atoms with Gasteiger partial charge >= 0.3 is 0 Å². The number of carbonyl (C=O) groups is 2. The van der Waals surface area contributed by atoms with Gasteiger partial charge in [-0.05, 0) is 37.7 Å². The van der Waals surface area contributed by atoms with Crippen LogP contribution in [0.4, 0.5) is 4.39 Å². The van der Waals surface area contributed by atoms with Gasteiger partial charge in [0, 0.05) is 31.7 Å². The van der Waals surface area contributed by atoms with Gasteiger partial charge in [-0.2, -0.15) is 0 Å². The molecule has 1 aliphatic rings. The van der Waals surface area contributed by atoms with Crippen LogP contribution in [-0.2, 0) is 4.79 Å². The van der Waals surface area contributed by atoms with Gasteiger partial charge < -0.3 is 9.80 Å². The van der Waals surface area contributed by atoms with Gasteiger partial charge in [-0.1, -0.05) is 0 Å². The maximum absolute atomic E-state index is 13.1. The second-order valence-corrected chi connectivity index (χ2v) is 4.89. The number of benzene rings is 1. The first-order valence-electron chi connectivity index (χ1n) is 6.27. The largest absolute Gasteiger partial charge is 0.333 e. The number of piperazine rings is 1. The van der Waals surface area contributed by atoms with E-state index in [4.69, 9.17) is 0 Å². The van der Waals surface area contributed by atoms with Gasteiger partial charge in [0.1, 0.15) is 5.82 Å². The number of amides is 1. The van der Waals surface area contributed by atoms with Gasteiger partial charge in [-0.25, -0.2) is 4.39 Å². The highest BCUT2D eigenvalue weighted by atomic mass is 19.1. The fraction of sp³-hybridized carbons (Fsp3) is 0.429. The molecule has 0 radical (unpaired) electrons. The van der Waals surface area contributed by atoms with Crippen molar-refractivity contribution in [3.05, 3.63) is 35.1 Å². The monoisotopic (exact) mass is 264 g/mol. The van der Waals surface area contributed by atoms with E-state index in [1.54, 1.807) is 11.8 Å². The van der Waals surface area contributed by atoms with Gasteiger partial charge in [0.15, 0.2) is 0 Å². The molecule has 1 aliphatic heterocycles. The van der Waals surface area contributed by atoms with Crippen molar-refractivity contribution in [2.75, 3.05) is 33.2 Å². The van der Waals surface area contributed by atoms with Crippen LogP contribution in [0, 0.1) is 12.7 Å². The van der Waals surface area contributed by atoms with Crippen LogP contribution in [0.5, 0.6) is 0 Å². The first kappa shape index (κ1) is 13.7. The Morgan fingerprint density at radius 2 is 1.79 bits per heavy atom. The molecule has 0 aliphatic carbocycles. The Balaban J connectivity index is 2.10. The third-order valence-corrected chi connectivity index (χ3v) is 3.40. The van der Waals surface area contributed by atoms with Crippen molar-refractivity contribution in [1.82, 2.24) is 9.80 Å². The Morgan fingerprint density at radius 1 is 1.16 bits per heavy atom. The van der Waals surface area contributed by atoms with E-state index in [0.29, 0.717) is 18.7 Å². The molecule has 0 atom stereocenters. The van der Waals surface area contributed by atoms with E-state index in [2.05, 4.69) is 4.90 Å². The third-order valence-electron chi connectivity index (χ3n) is 3.40. The molecule has 1 aromatic rings. The van der Waals surface area contributed by atoms with Crippen LogP contribution in [0.2, 0.25) is 0 Å². The summed E-state index contributed by atoms with van der Waals surface area (Å²) in [7, 11) is 1.98. The van der Waals surface area contributed by atoms with E-state index in [-0.39, 0.29) is 11.4 Å². The zero-order chi connectivity index (χ0) is 14.0. The Hall–Kier alpha value is -1.75. The summed E-state index contributed by atoms with van der Waals surface area (Å²) in [6.45, 7) is 4.22. The molecule has 0 saturated carbocycles. The number of rotatable bonds is 2. The fourth-order valence-corrected chi connectivity index (χ4v) is 2.06. The van der Waals surface area contributed by atoms with Gasteiger partial charge in [0.05, 0.1) is 0 Å². The number of Topliss-reactive ketones (excluding diaryl/α,β-unsaturated/α-hetero) is 1. The molecule has 0 spiro atoms. The summed E-state index contributed by atoms with van der Waals surface area (Å²) >= 11 is 0. The smallest absolute Gasteiger partial charge is 0.295 e. The fourth-order valence-electron chi connectivity index (χ4n) is 2.06. The molecule has 0 aromatic heterocycles. The molecule has 1 saturated heterocycles. The zero-order valence-electron chi connectivity index (χ0n) is 11.1. The summed E-state index contributed by atoms with van der Waals surface area (Å²) in [6.07, 6.45) is 0. The molecule has 2 rings (SSSR count). The highest BCUT2D eigenvalue weighted by Crippen LogP contribution is 2.11. The quantitative estimate of drug-likeness (QED) is 0.593. The number of hydrogen-bond donors (Lipinski definition) is 0. The molecule has 0 unspecified atom stereocenters. The average molecular weight is 264 g/mol. The zero-order valence-corrected chi connectivity index (χ0v) is 11.1. The Morgan fingerprint density at radius 3 is 2.37 bits per heavy atom. The standard InChI is InChI=1S/C14H17FN2O2/c1-10-9-11(3-4-12(10)15)13(18)14(19)17-7-5-16(2)6-8-17/h3-4,9H,5-8H2,1-2H3. The lowest BCUT2D eigenvalue weighted by Crippen LogP contribution is -2.49. The maximum atomic E-state index is 13.1. The number of hydrogen-bond acceptors (Lipinski definition) is 3. The second kappa shape index (κ2) is 5.48. The number of nitrogens with zero attached hydrogens (tertiary/aromatic N) is 2. The Kier molecular flexibility index (Phi) is 3.95. The van der Waals surface area contributed by atoms with Crippen molar-refractivity contribution >= 4 is 11.7 Å². The van der Waals surface area contributed by atoms with E-state index in [1.807, 2.05) is 7.05 Å². The van der Waals surface area contributed by atoms with E-state index < -0.39 is 11.7 Å². The van der Waals surface area contributed by atoms with Crippen molar-refractivity contribution in [3.8, 4) is 0 Å². The summed E-state index contributed by atoms with van der Waals surface area (Å²) in [5, 5.41) is 0. The molecule has 0 bridgehead atoms. The lowest BCUT2D eigenvalue weighted by atomic mass is 10.1. The van der Waals surface area contributed by atoms with Gasteiger partial charge in [-0.15, -0.1) is 0 Å². The highest BCUT2D eigenvalue weighted by Gasteiger charge is 2.25. The molecule has 102 valence electrons. The first-order chi connectivity index (χ1) is 8.99. The Labute approximate surface area is 111 Å². The normalized spacial score (nSPS) is 16.5. The van der Waals surface area contributed by atoms with E-state index >= 15 is 0 Å². The van der Waals surface area contributed by atoms with Crippen molar-refractivity contribution < 1.29 is 14.0 Å². The minimum Gasteiger partial charge on any atom is -0.333 e. The summed E-state index contributed by atoms with van der Waals surface area (Å²) in [6, 6.07) is 4.00. The number of carbonyl (C=O) groups excluding carboxylic acids is 2. The molecule has 1 aromatic carbocycles. The van der Waals surface area contributed by atoms with Crippen molar-refractivity contribution in [2.24, 2.45) is 0 Å². The molecule has 1 fully saturated rings. The predicted molar refractivity (Wildman–Crippen MR) is 69.5 cm³/mol. The SMILES string of the molecule is Cc1cc(C(=O)C(=O)N2CCN(C)CC2)ccc1F. The van der Waals surface area contributed by atoms with Crippen LogP contribution in [0.1, 0.15) is 15.9 Å². The van der Waals surface area contributed by atoms with Crippen LogP contribution < -0.4 is 0 Å². The minimum absolute atomic E-state index is 0.253. The topological polar surface area (TPSA) is 40.6 Å². The van der Waals surface area contributed by atoms with Crippen LogP contribution in [-0.4, -0.2) is 54.7 Å². The molecular weight excluding hydrogens is 247 g/mol. The molecule has 5 heteroatoms. The van der Waals surface area contributed by atoms with E-state index in [0.717, 1.165) is 13.1 Å². The number of likely N-dealkylation sites (N-methyl/N-ethyl adjacent to an activating group) is 1. The van der Waals surface area contributed by atoms with Crippen LogP contribution in [0.3, 0.4) is 0 Å². The third kappa shape index (κ3) is 2.98. The molecule has 1 heterocycles. The van der Waals surface area contributed by atoms with Gasteiger partial charge in [0.2, 0.25) is 5.78 Å². The summed E-state index contributed by atoms with van der Waals surface area (Å²) < 4.78 is 13.1. The second-order valence-electron chi connectivity index (χ2n) is 4.89. The summed E-state index contributed by atoms with van der Waals surface area (Å²) in [5.74, 6) is -1.43. The molecule has 4 nitrogen and oxygen atoms in total. The molecule has 0 N–H and O–H groups in total.